The van der Waals surface area contributed by atoms with Crippen LogP contribution < -0.4 is 0 Å². The Morgan fingerprint density at radius 3 is 2.65 bits per heavy atom. The molecule has 5 heteroatoms. The second-order valence-corrected chi connectivity index (χ2v) is 4.63. The van der Waals surface area contributed by atoms with Crippen molar-refractivity contribution in [1.29, 1.82) is 0 Å². The zero-order chi connectivity index (χ0) is 12.4. The maximum atomic E-state index is 11.2. The van der Waals surface area contributed by atoms with Crippen LogP contribution in [0.2, 0.25) is 0 Å². The van der Waals surface area contributed by atoms with Gasteiger partial charge in [0.2, 0.25) is 0 Å². The van der Waals surface area contributed by atoms with Crippen molar-refractivity contribution in [3.8, 4) is 0 Å². The molecule has 5 nitrogen and oxygen atoms in total. The number of fused-ring (bicyclic) bond motifs is 1. The van der Waals surface area contributed by atoms with Crippen molar-refractivity contribution in [2.24, 2.45) is 22.7 Å². The molecule has 94 valence electrons. The van der Waals surface area contributed by atoms with Gasteiger partial charge in [0.1, 0.15) is 24.7 Å². The first kappa shape index (κ1) is 12.2. The van der Waals surface area contributed by atoms with Crippen molar-refractivity contribution in [3.05, 3.63) is 0 Å². The number of nitrogens with zero attached hydrogens (tertiary/aromatic N) is 1. The number of aliphatic imine (C=N–C) groups is 1. The molecule has 5 unspecified atom stereocenters. The quantitative estimate of drug-likeness (QED) is 0.711. The summed E-state index contributed by atoms with van der Waals surface area (Å²) in [6.45, 7) is 1.84. The fourth-order valence-corrected chi connectivity index (χ4v) is 2.79. The molecule has 0 aromatic heterocycles. The van der Waals surface area contributed by atoms with Gasteiger partial charge in [-0.3, -0.25) is 0 Å². The Kier molecular flexibility index (Phi) is 3.57. The number of ether oxygens (including phenoxy) is 1. The number of carbonyl (C=O) groups excluding carboxylic acids is 2. The van der Waals surface area contributed by atoms with Crippen LogP contribution in [0, 0.1) is 17.8 Å². The van der Waals surface area contributed by atoms with Crippen LogP contribution in [0.1, 0.15) is 19.8 Å². The van der Waals surface area contributed by atoms with Crippen LogP contribution in [0.25, 0.3) is 0 Å². The lowest BCUT2D eigenvalue weighted by molar-refractivity contribution is -0.126. The van der Waals surface area contributed by atoms with Gasteiger partial charge in [-0.25, -0.2) is 4.99 Å². The van der Waals surface area contributed by atoms with Crippen LogP contribution in [-0.2, 0) is 14.3 Å². The van der Waals surface area contributed by atoms with Crippen molar-refractivity contribution < 1.29 is 19.4 Å². The van der Waals surface area contributed by atoms with E-state index in [0.717, 1.165) is 12.6 Å². The first-order valence-corrected chi connectivity index (χ1v) is 5.99. The number of hydrogen-bond donors (Lipinski definition) is 1. The van der Waals surface area contributed by atoms with Crippen LogP contribution >= 0.6 is 0 Å². The van der Waals surface area contributed by atoms with Gasteiger partial charge in [-0.2, -0.15) is 0 Å². The molecule has 2 aliphatic rings. The third kappa shape index (κ3) is 1.99. The van der Waals surface area contributed by atoms with Crippen molar-refractivity contribution in [2.45, 2.75) is 31.9 Å². The second-order valence-electron chi connectivity index (χ2n) is 4.63. The summed E-state index contributed by atoms with van der Waals surface area (Å²) < 4.78 is 5.64. The number of rotatable bonds is 4. The van der Waals surface area contributed by atoms with Crippen LogP contribution in [0.3, 0.4) is 0 Å². The van der Waals surface area contributed by atoms with Crippen molar-refractivity contribution >= 4 is 18.5 Å². The topological polar surface area (TPSA) is 76.0 Å². The van der Waals surface area contributed by atoms with Crippen LogP contribution in [-0.4, -0.2) is 42.3 Å². The van der Waals surface area contributed by atoms with Gasteiger partial charge in [0.25, 0.3) is 0 Å². The molecule has 0 spiro atoms. The standard InChI is InChI=1S/C12H17NO4/c1-2-11-13-12-9(6-16)8(5-15)7(4-14)3-10(12)17-11/h5-10,12,14H,2-4H2,1H3. The normalized spacial score (nSPS) is 40.1. The van der Waals surface area contributed by atoms with Gasteiger partial charge in [-0.1, -0.05) is 6.92 Å². The minimum atomic E-state index is -0.465. The van der Waals surface area contributed by atoms with Crippen molar-refractivity contribution in [3.63, 3.8) is 0 Å². The highest BCUT2D eigenvalue weighted by atomic mass is 16.5. The molecular formula is C12H17NO4. The second kappa shape index (κ2) is 4.96. The molecule has 5 atom stereocenters. The lowest BCUT2D eigenvalue weighted by atomic mass is 9.70. The van der Waals surface area contributed by atoms with E-state index >= 15 is 0 Å². The number of aldehydes is 2. The molecule has 1 aliphatic carbocycles. The molecule has 1 fully saturated rings. The summed E-state index contributed by atoms with van der Waals surface area (Å²) in [4.78, 5) is 26.6. The van der Waals surface area contributed by atoms with Crippen molar-refractivity contribution in [2.75, 3.05) is 6.61 Å². The minimum Gasteiger partial charge on any atom is -0.475 e. The SMILES string of the molecule is CCC1=NC2C(CC(CO)C(C=O)C2C=O)O1. The zero-order valence-electron chi connectivity index (χ0n) is 9.78. The van der Waals surface area contributed by atoms with Gasteiger partial charge in [-0.05, 0) is 12.3 Å². The van der Waals surface area contributed by atoms with E-state index < -0.39 is 11.8 Å². The number of aliphatic hydroxyl groups excluding tert-OH is 1. The van der Waals surface area contributed by atoms with E-state index in [1.807, 2.05) is 6.92 Å². The zero-order valence-corrected chi connectivity index (χ0v) is 9.78. The van der Waals surface area contributed by atoms with E-state index in [4.69, 9.17) is 4.74 Å². The van der Waals surface area contributed by atoms with Crippen LogP contribution in [0.5, 0.6) is 0 Å². The maximum Gasteiger partial charge on any atom is 0.183 e. The minimum absolute atomic E-state index is 0.0955. The van der Waals surface area contributed by atoms with E-state index in [-0.39, 0.29) is 24.7 Å². The Morgan fingerprint density at radius 2 is 2.12 bits per heavy atom. The van der Waals surface area contributed by atoms with Gasteiger partial charge in [0, 0.05) is 18.9 Å². The molecule has 0 aromatic rings. The summed E-state index contributed by atoms with van der Waals surface area (Å²) >= 11 is 0. The molecule has 0 amide bonds. The lowest BCUT2D eigenvalue weighted by Gasteiger charge is -2.37. The fourth-order valence-electron chi connectivity index (χ4n) is 2.79. The van der Waals surface area contributed by atoms with Crippen LogP contribution in [0.15, 0.2) is 4.99 Å². The third-order valence-electron chi connectivity index (χ3n) is 3.73. The lowest BCUT2D eigenvalue weighted by Crippen LogP contribution is -2.47. The monoisotopic (exact) mass is 239 g/mol. The Bertz CT molecular complexity index is 341. The highest BCUT2D eigenvalue weighted by molar-refractivity contribution is 5.79. The van der Waals surface area contributed by atoms with Gasteiger partial charge < -0.3 is 19.4 Å². The first-order valence-electron chi connectivity index (χ1n) is 5.99. The summed E-state index contributed by atoms with van der Waals surface area (Å²) in [6, 6.07) is -0.250. The molecule has 17 heavy (non-hydrogen) atoms. The average Bonchev–Trinajstić information content (AvgIpc) is 2.78. The number of carbonyl (C=O) groups is 2. The van der Waals surface area contributed by atoms with Gasteiger partial charge in [0.15, 0.2) is 5.90 Å². The molecule has 1 N–H and O–H groups in total. The molecule has 1 heterocycles. The summed E-state index contributed by atoms with van der Waals surface area (Å²) in [6.07, 6.45) is 2.67. The molecule has 0 radical (unpaired) electrons. The first-order chi connectivity index (χ1) is 8.24. The Hall–Kier alpha value is -1.23. The predicted molar refractivity (Wildman–Crippen MR) is 60.7 cm³/mol. The Labute approximate surface area is 99.9 Å². The Morgan fingerprint density at radius 1 is 1.41 bits per heavy atom. The fraction of sp³-hybridized carbons (Fsp3) is 0.750. The summed E-state index contributed by atoms with van der Waals surface area (Å²) in [7, 11) is 0. The number of hydrogen-bond acceptors (Lipinski definition) is 5. The molecule has 2 rings (SSSR count). The van der Waals surface area contributed by atoms with Crippen molar-refractivity contribution in [1.82, 2.24) is 0 Å². The number of aliphatic hydroxyl groups is 1. The summed E-state index contributed by atoms with van der Waals surface area (Å²) in [5.41, 5.74) is 0. The Balaban J connectivity index is 2.25. The molecule has 0 saturated heterocycles. The molecule has 0 bridgehead atoms. The largest absolute Gasteiger partial charge is 0.475 e. The molecule has 1 saturated carbocycles. The average molecular weight is 239 g/mol. The van der Waals surface area contributed by atoms with E-state index in [9.17, 15) is 14.7 Å². The van der Waals surface area contributed by atoms with Crippen LogP contribution in [0.4, 0.5) is 0 Å². The van der Waals surface area contributed by atoms with E-state index in [1.165, 1.54) is 0 Å². The predicted octanol–water partition coefficient (Wildman–Crippen LogP) is 0.205. The third-order valence-corrected chi connectivity index (χ3v) is 3.73. The van der Waals surface area contributed by atoms with Gasteiger partial charge in [0.05, 0.1) is 5.92 Å². The molecular weight excluding hydrogens is 222 g/mol. The van der Waals surface area contributed by atoms with E-state index in [0.29, 0.717) is 18.7 Å². The smallest absolute Gasteiger partial charge is 0.183 e. The summed E-state index contributed by atoms with van der Waals surface area (Å²) in [5.74, 6) is -0.458. The highest BCUT2D eigenvalue weighted by Gasteiger charge is 2.48. The summed E-state index contributed by atoms with van der Waals surface area (Å²) in [5, 5.41) is 9.28. The van der Waals surface area contributed by atoms with E-state index in [2.05, 4.69) is 4.99 Å². The van der Waals surface area contributed by atoms with Gasteiger partial charge >= 0.3 is 0 Å². The van der Waals surface area contributed by atoms with E-state index in [1.54, 1.807) is 0 Å². The molecule has 1 aliphatic heterocycles. The molecule has 0 aromatic carbocycles. The maximum absolute atomic E-state index is 11.2. The highest BCUT2D eigenvalue weighted by Crippen LogP contribution is 2.39. The van der Waals surface area contributed by atoms with Gasteiger partial charge in [-0.15, -0.1) is 0 Å².